The van der Waals surface area contributed by atoms with Crippen LogP contribution in [0.4, 0.5) is 8.78 Å². The van der Waals surface area contributed by atoms with Crippen LogP contribution >= 0.6 is 0 Å². The van der Waals surface area contributed by atoms with Crippen LogP contribution < -0.4 is 11.1 Å². The summed E-state index contributed by atoms with van der Waals surface area (Å²) in [5, 5.41) is 2.04. The van der Waals surface area contributed by atoms with E-state index in [1.54, 1.807) is 6.92 Å². The minimum Gasteiger partial charge on any atom is -0.351 e. The maximum atomic E-state index is 11.5. The van der Waals surface area contributed by atoms with Gasteiger partial charge in [0.2, 0.25) is 0 Å². The topological polar surface area (TPSA) is 55.1 Å². The first-order valence-corrected chi connectivity index (χ1v) is 3.35. The highest BCUT2D eigenvalue weighted by Gasteiger charge is 2.13. The fraction of sp³-hybridized carbons (Fsp3) is 0.833. The largest absolute Gasteiger partial charge is 0.351 e. The molecule has 0 heterocycles. The maximum Gasteiger partial charge on any atom is 0.315 e. The first kappa shape index (κ1) is 10.3. The van der Waals surface area contributed by atoms with Gasteiger partial charge >= 0.3 is 6.43 Å². The van der Waals surface area contributed by atoms with Crippen LogP contribution in [-0.4, -0.2) is 24.9 Å². The summed E-state index contributed by atoms with van der Waals surface area (Å²) in [6.07, 6.45) is -2.42. The minimum atomic E-state index is -2.93. The Morgan fingerprint density at radius 3 is 2.55 bits per heavy atom. The van der Waals surface area contributed by atoms with Crippen molar-refractivity contribution in [3.05, 3.63) is 0 Å². The minimum absolute atomic E-state index is 0.0760. The molecule has 66 valence electrons. The fourth-order valence-corrected chi connectivity index (χ4v) is 0.500. The van der Waals surface area contributed by atoms with Gasteiger partial charge in [0.15, 0.2) is 0 Å². The molecule has 5 heteroatoms. The van der Waals surface area contributed by atoms with Gasteiger partial charge in [-0.15, -0.1) is 0 Å². The summed E-state index contributed by atoms with van der Waals surface area (Å²) in [5.41, 5.74) is 5.32. The molecule has 0 bridgehead atoms. The Kier molecular flexibility index (Phi) is 4.69. The lowest BCUT2D eigenvalue weighted by atomic mass is 10.2. The molecular formula is C6H12F2N2O. The summed E-state index contributed by atoms with van der Waals surface area (Å²) < 4.78 is 23.0. The Labute approximate surface area is 63.9 Å². The molecule has 0 rings (SSSR count). The van der Waals surface area contributed by atoms with E-state index in [1.807, 2.05) is 5.32 Å². The predicted molar refractivity (Wildman–Crippen MR) is 37.3 cm³/mol. The second-order valence-corrected chi connectivity index (χ2v) is 2.36. The average molecular weight is 166 g/mol. The van der Waals surface area contributed by atoms with Gasteiger partial charge in [-0.2, -0.15) is 8.78 Å². The number of carbonyl (C=O) groups is 1. The number of nitrogens with one attached hydrogen (secondary N) is 1. The maximum absolute atomic E-state index is 11.5. The lowest BCUT2D eigenvalue weighted by Crippen LogP contribution is -2.32. The molecule has 11 heavy (non-hydrogen) atoms. The molecule has 1 unspecified atom stereocenters. The van der Waals surface area contributed by atoms with Crippen molar-refractivity contribution in [2.24, 2.45) is 5.73 Å². The highest BCUT2D eigenvalue weighted by atomic mass is 19.3. The number of carbonyl (C=O) groups excluding carboxylic acids is 1. The lowest BCUT2D eigenvalue weighted by molar-refractivity contribution is -0.131. The molecule has 0 saturated carbocycles. The average Bonchev–Trinajstić information content (AvgIpc) is 1.86. The third kappa shape index (κ3) is 5.72. The quantitative estimate of drug-likeness (QED) is 0.622. The standard InChI is InChI=1S/C6H12F2N2O/c1-4(9)2-3-10-6(11)5(7)8/h4-5H,2-3,9H2,1H3,(H,10,11). The predicted octanol–water partition coefficient (Wildman–Crippen LogP) is 0.105. The Hall–Kier alpha value is -0.710. The monoisotopic (exact) mass is 166 g/mol. The molecule has 0 aromatic carbocycles. The van der Waals surface area contributed by atoms with Gasteiger partial charge in [0.05, 0.1) is 0 Å². The van der Waals surface area contributed by atoms with Crippen LogP contribution in [0.5, 0.6) is 0 Å². The summed E-state index contributed by atoms with van der Waals surface area (Å²) in [7, 11) is 0. The smallest absolute Gasteiger partial charge is 0.315 e. The Morgan fingerprint density at radius 1 is 1.64 bits per heavy atom. The molecule has 3 N–H and O–H groups in total. The molecule has 0 aliphatic rings. The van der Waals surface area contributed by atoms with Gasteiger partial charge in [-0.1, -0.05) is 0 Å². The summed E-state index contributed by atoms with van der Waals surface area (Å²) in [5.74, 6) is -1.23. The van der Waals surface area contributed by atoms with Crippen molar-refractivity contribution >= 4 is 5.91 Å². The molecule has 0 fully saturated rings. The highest BCUT2D eigenvalue weighted by Crippen LogP contribution is 1.91. The van der Waals surface area contributed by atoms with Crippen LogP contribution in [0, 0.1) is 0 Å². The molecule has 0 spiro atoms. The second kappa shape index (κ2) is 5.01. The van der Waals surface area contributed by atoms with Crippen molar-refractivity contribution < 1.29 is 13.6 Å². The molecule has 0 aromatic rings. The number of alkyl halides is 2. The van der Waals surface area contributed by atoms with Crippen LogP contribution in [-0.2, 0) is 4.79 Å². The molecule has 1 amide bonds. The van der Waals surface area contributed by atoms with E-state index in [9.17, 15) is 13.6 Å². The van der Waals surface area contributed by atoms with E-state index in [1.165, 1.54) is 0 Å². The molecule has 0 aliphatic carbocycles. The van der Waals surface area contributed by atoms with E-state index in [2.05, 4.69) is 0 Å². The van der Waals surface area contributed by atoms with E-state index in [-0.39, 0.29) is 12.6 Å². The van der Waals surface area contributed by atoms with Gasteiger partial charge in [-0.25, -0.2) is 0 Å². The number of nitrogens with two attached hydrogens (primary N) is 1. The van der Waals surface area contributed by atoms with Crippen LogP contribution in [0.25, 0.3) is 0 Å². The number of halogens is 2. The first-order chi connectivity index (χ1) is 5.04. The lowest BCUT2D eigenvalue weighted by Gasteiger charge is -2.05. The van der Waals surface area contributed by atoms with E-state index >= 15 is 0 Å². The third-order valence-electron chi connectivity index (χ3n) is 1.10. The number of rotatable bonds is 4. The van der Waals surface area contributed by atoms with Gasteiger partial charge in [-0.3, -0.25) is 4.79 Å². The zero-order valence-corrected chi connectivity index (χ0v) is 6.31. The van der Waals surface area contributed by atoms with Gasteiger partial charge < -0.3 is 11.1 Å². The highest BCUT2D eigenvalue weighted by molar-refractivity contribution is 5.78. The van der Waals surface area contributed by atoms with Crippen molar-refractivity contribution in [1.29, 1.82) is 0 Å². The molecule has 0 aliphatic heterocycles. The number of amides is 1. The van der Waals surface area contributed by atoms with Crippen molar-refractivity contribution in [3.63, 3.8) is 0 Å². The Balaban J connectivity index is 3.32. The summed E-state index contributed by atoms with van der Waals surface area (Å²) in [4.78, 5) is 10.2. The number of hydrogen-bond donors (Lipinski definition) is 2. The third-order valence-corrected chi connectivity index (χ3v) is 1.10. The molecular weight excluding hydrogens is 154 g/mol. The number of hydrogen-bond acceptors (Lipinski definition) is 2. The van der Waals surface area contributed by atoms with Gasteiger partial charge in [0.25, 0.3) is 5.91 Å². The first-order valence-electron chi connectivity index (χ1n) is 3.35. The molecule has 0 aromatic heterocycles. The van der Waals surface area contributed by atoms with Crippen molar-refractivity contribution in [1.82, 2.24) is 5.32 Å². The van der Waals surface area contributed by atoms with Crippen molar-refractivity contribution in [3.8, 4) is 0 Å². The second-order valence-electron chi connectivity index (χ2n) is 2.36. The van der Waals surface area contributed by atoms with E-state index in [4.69, 9.17) is 5.73 Å². The van der Waals surface area contributed by atoms with Crippen LogP contribution in [0.15, 0.2) is 0 Å². The van der Waals surface area contributed by atoms with E-state index < -0.39 is 12.3 Å². The van der Waals surface area contributed by atoms with Crippen LogP contribution in [0.3, 0.4) is 0 Å². The Morgan fingerprint density at radius 2 is 2.18 bits per heavy atom. The normalized spacial score (nSPS) is 13.2. The fourth-order valence-electron chi connectivity index (χ4n) is 0.500. The SMILES string of the molecule is CC(N)CCNC(=O)C(F)F. The van der Waals surface area contributed by atoms with Crippen LogP contribution in [0.2, 0.25) is 0 Å². The molecule has 0 radical (unpaired) electrons. The van der Waals surface area contributed by atoms with E-state index in [0.717, 1.165) is 0 Å². The summed E-state index contributed by atoms with van der Waals surface area (Å²) >= 11 is 0. The molecule has 1 atom stereocenters. The van der Waals surface area contributed by atoms with Gasteiger partial charge in [0, 0.05) is 12.6 Å². The molecule has 3 nitrogen and oxygen atoms in total. The zero-order valence-electron chi connectivity index (χ0n) is 6.31. The van der Waals surface area contributed by atoms with Crippen molar-refractivity contribution in [2.45, 2.75) is 25.8 Å². The molecule has 0 saturated heterocycles. The zero-order chi connectivity index (χ0) is 8.85. The van der Waals surface area contributed by atoms with Gasteiger partial charge in [-0.05, 0) is 13.3 Å². The van der Waals surface area contributed by atoms with Gasteiger partial charge in [0.1, 0.15) is 0 Å². The van der Waals surface area contributed by atoms with Crippen LogP contribution in [0.1, 0.15) is 13.3 Å². The van der Waals surface area contributed by atoms with E-state index in [0.29, 0.717) is 6.42 Å². The summed E-state index contributed by atoms with van der Waals surface area (Å²) in [6, 6.07) is -0.0760. The summed E-state index contributed by atoms with van der Waals surface area (Å²) in [6.45, 7) is 1.95. The Bertz CT molecular complexity index is 128. The van der Waals surface area contributed by atoms with Crippen molar-refractivity contribution in [2.75, 3.05) is 6.54 Å².